The maximum absolute atomic E-state index is 10.8. The molecule has 1 aromatic heterocycles. The van der Waals surface area contributed by atoms with E-state index in [1.54, 1.807) is 0 Å². The van der Waals surface area contributed by atoms with E-state index in [1.807, 2.05) is 13.8 Å². The van der Waals surface area contributed by atoms with Crippen molar-refractivity contribution < 1.29 is 19.4 Å². The SMILES string of the molecule is CCOC(Cn1ncc(C(=O)O)c1N)OCC. The topological polar surface area (TPSA) is 99.6 Å². The molecule has 0 bridgehead atoms. The second-order valence-corrected chi connectivity index (χ2v) is 3.27. The summed E-state index contributed by atoms with van der Waals surface area (Å²) in [6.07, 6.45) is 0.737. The van der Waals surface area contributed by atoms with Crippen LogP contribution in [0.4, 0.5) is 5.82 Å². The smallest absolute Gasteiger partial charge is 0.341 e. The molecular formula is C10H17N3O4. The molecule has 0 aliphatic rings. The molecular weight excluding hydrogens is 226 g/mol. The van der Waals surface area contributed by atoms with Crippen LogP contribution in [0.25, 0.3) is 0 Å². The van der Waals surface area contributed by atoms with Crippen molar-refractivity contribution in [1.82, 2.24) is 9.78 Å². The Morgan fingerprint density at radius 1 is 1.53 bits per heavy atom. The number of aromatic carboxylic acids is 1. The average molecular weight is 243 g/mol. The van der Waals surface area contributed by atoms with E-state index in [2.05, 4.69) is 5.10 Å². The van der Waals surface area contributed by atoms with Crippen molar-refractivity contribution in [1.29, 1.82) is 0 Å². The molecule has 3 N–H and O–H groups in total. The fourth-order valence-corrected chi connectivity index (χ4v) is 1.37. The van der Waals surface area contributed by atoms with Gasteiger partial charge in [-0.2, -0.15) is 5.10 Å². The zero-order chi connectivity index (χ0) is 12.8. The van der Waals surface area contributed by atoms with Crippen LogP contribution in [-0.2, 0) is 16.0 Å². The fourth-order valence-electron chi connectivity index (χ4n) is 1.37. The number of rotatable bonds is 7. The Kier molecular flexibility index (Phi) is 4.92. The molecule has 96 valence electrons. The van der Waals surface area contributed by atoms with Crippen molar-refractivity contribution in [2.75, 3.05) is 18.9 Å². The van der Waals surface area contributed by atoms with Crippen molar-refractivity contribution in [2.45, 2.75) is 26.7 Å². The molecule has 7 nitrogen and oxygen atoms in total. The number of carboxylic acid groups (broad SMARTS) is 1. The largest absolute Gasteiger partial charge is 0.477 e. The standard InChI is InChI=1S/C10H17N3O4/c1-3-16-8(17-4-2)6-13-9(11)7(5-12-13)10(14)15/h5,8H,3-4,6,11H2,1-2H3,(H,14,15). The number of carbonyl (C=O) groups is 1. The van der Waals surface area contributed by atoms with Crippen LogP contribution in [0.5, 0.6) is 0 Å². The molecule has 0 aliphatic heterocycles. The molecule has 0 amide bonds. The Balaban J connectivity index is 2.75. The predicted octanol–water partition coefficient (Wildman–Crippen LogP) is 0.563. The lowest BCUT2D eigenvalue weighted by atomic mass is 10.3. The first-order valence-electron chi connectivity index (χ1n) is 5.37. The molecule has 0 fully saturated rings. The van der Waals surface area contributed by atoms with E-state index >= 15 is 0 Å². The molecule has 0 saturated heterocycles. The molecule has 7 heteroatoms. The molecule has 0 aromatic carbocycles. The summed E-state index contributed by atoms with van der Waals surface area (Å²) < 4.78 is 12.0. The van der Waals surface area contributed by atoms with Crippen LogP contribution < -0.4 is 5.73 Å². The molecule has 0 atom stereocenters. The summed E-state index contributed by atoms with van der Waals surface area (Å²) in [6, 6.07) is 0. The third-order valence-electron chi connectivity index (χ3n) is 2.14. The number of ether oxygens (including phenoxy) is 2. The number of aromatic nitrogens is 2. The van der Waals surface area contributed by atoms with Gasteiger partial charge in [0, 0.05) is 13.2 Å². The quantitative estimate of drug-likeness (QED) is 0.679. The van der Waals surface area contributed by atoms with Gasteiger partial charge in [0.05, 0.1) is 12.7 Å². The highest BCUT2D eigenvalue weighted by atomic mass is 16.7. The molecule has 0 saturated carbocycles. The van der Waals surface area contributed by atoms with Gasteiger partial charge in [0.15, 0.2) is 6.29 Å². The number of nitrogen functional groups attached to an aromatic ring is 1. The average Bonchev–Trinajstić information content (AvgIpc) is 2.61. The van der Waals surface area contributed by atoms with E-state index in [0.717, 1.165) is 0 Å². The van der Waals surface area contributed by atoms with Gasteiger partial charge in [0.2, 0.25) is 0 Å². The minimum Gasteiger partial charge on any atom is -0.477 e. The van der Waals surface area contributed by atoms with Gasteiger partial charge in [0.1, 0.15) is 11.4 Å². The molecule has 0 unspecified atom stereocenters. The number of nitrogens with two attached hydrogens (primary N) is 1. The van der Waals surface area contributed by atoms with Crippen LogP contribution >= 0.6 is 0 Å². The number of carboxylic acids is 1. The molecule has 1 aromatic rings. The van der Waals surface area contributed by atoms with Gasteiger partial charge in [-0.1, -0.05) is 0 Å². The summed E-state index contributed by atoms with van der Waals surface area (Å²) >= 11 is 0. The normalized spacial score (nSPS) is 11.0. The van der Waals surface area contributed by atoms with Crippen molar-refractivity contribution in [2.24, 2.45) is 0 Å². The maximum atomic E-state index is 10.8. The first-order chi connectivity index (χ1) is 8.10. The number of hydrogen-bond donors (Lipinski definition) is 2. The molecule has 1 rings (SSSR count). The Morgan fingerprint density at radius 3 is 2.53 bits per heavy atom. The summed E-state index contributed by atoms with van der Waals surface area (Å²) in [5.74, 6) is -1.000. The summed E-state index contributed by atoms with van der Waals surface area (Å²) in [6.45, 7) is 4.96. The summed E-state index contributed by atoms with van der Waals surface area (Å²) in [5.41, 5.74) is 5.64. The van der Waals surface area contributed by atoms with E-state index in [-0.39, 0.29) is 17.9 Å². The second kappa shape index (κ2) is 6.21. The maximum Gasteiger partial charge on any atom is 0.341 e. The van der Waals surface area contributed by atoms with Gasteiger partial charge in [0.25, 0.3) is 0 Å². The van der Waals surface area contributed by atoms with Gasteiger partial charge in [-0.25, -0.2) is 9.48 Å². The zero-order valence-corrected chi connectivity index (χ0v) is 9.92. The van der Waals surface area contributed by atoms with Crippen LogP contribution in [0.2, 0.25) is 0 Å². The Labute approximate surface area is 99.1 Å². The van der Waals surface area contributed by atoms with E-state index < -0.39 is 12.3 Å². The Bertz CT molecular complexity index is 372. The monoisotopic (exact) mass is 243 g/mol. The summed E-state index contributed by atoms with van der Waals surface area (Å²) in [4.78, 5) is 10.8. The Morgan fingerprint density at radius 2 is 2.12 bits per heavy atom. The number of hydrogen-bond acceptors (Lipinski definition) is 5. The van der Waals surface area contributed by atoms with Gasteiger partial charge < -0.3 is 20.3 Å². The van der Waals surface area contributed by atoms with Crippen LogP contribution in [0.15, 0.2) is 6.20 Å². The molecule has 1 heterocycles. The van der Waals surface area contributed by atoms with Crippen LogP contribution in [0.1, 0.15) is 24.2 Å². The van der Waals surface area contributed by atoms with Crippen LogP contribution in [0.3, 0.4) is 0 Å². The lowest BCUT2D eigenvalue weighted by Crippen LogP contribution is -2.25. The number of nitrogens with zero attached hydrogens (tertiary/aromatic N) is 2. The van der Waals surface area contributed by atoms with Gasteiger partial charge in [-0.15, -0.1) is 0 Å². The highest BCUT2D eigenvalue weighted by molar-refractivity contribution is 5.92. The summed E-state index contributed by atoms with van der Waals surface area (Å²) in [5, 5.41) is 12.7. The fraction of sp³-hybridized carbons (Fsp3) is 0.600. The first-order valence-corrected chi connectivity index (χ1v) is 5.37. The van der Waals surface area contributed by atoms with Crippen molar-refractivity contribution in [3.8, 4) is 0 Å². The molecule has 17 heavy (non-hydrogen) atoms. The summed E-state index contributed by atoms with van der Waals surface area (Å²) in [7, 11) is 0. The number of anilines is 1. The zero-order valence-electron chi connectivity index (χ0n) is 9.92. The van der Waals surface area contributed by atoms with Crippen LogP contribution in [-0.4, -0.2) is 40.4 Å². The molecule has 0 aliphatic carbocycles. The second-order valence-electron chi connectivity index (χ2n) is 3.27. The minimum absolute atomic E-state index is 0.0169. The van der Waals surface area contributed by atoms with E-state index in [4.69, 9.17) is 20.3 Å². The third-order valence-corrected chi connectivity index (χ3v) is 2.14. The first kappa shape index (κ1) is 13.5. The van der Waals surface area contributed by atoms with Crippen LogP contribution in [0, 0.1) is 0 Å². The Hall–Kier alpha value is -1.60. The molecule has 0 spiro atoms. The van der Waals surface area contributed by atoms with Crippen molar-refractivity contribution in [3.63, 3.8) is 0 Å². The van der Waals surface area contributed by atoms with Crippen molar-refractivity contribution in [3.05, 3.63) is 11.8 Å². The van der Waals surface area contributed by atoms with Gasteiger partial charge in [-0.3, -0.25) is 0 Å². The van der Waals surface area contributed by atoms with E-state index in [9.17, 15) is 4.79 Å². The predicted molar refractivity (Wildman–Crippen MR) is 60.6 cm³/mol. The third kappa shape index (κ3) is 3.43. The van der Waals surface area contributed by atoms with Gasteiger partial charge in [-0.05, 0) is 13.8 Å². The van der Waals surface area contributed by atoms with Crippen molar-refractivity contribution >= 4 is 11.8 Å². The lowest BCUT2D eigenvalue weighted by Gasteiger charge is -2.17. The lowest BCUT2D eigenvalue weighted by molar-refractivity contribution is -0.144. The van der Waals surface area contributed by atoms with E-state index in [0.29, 0.717) is 13.2 Å². The highest BCUT2D eigenvalue weighted by Gasteiger charge is 2.17. The molecule has 0 radical (unpaired) electrons. The highest BCUT2D eigenvalue weighted by Crippen LogP contribution is 2.12. The van der Waals surface area contributed by atoms with E-state index in [1.165, 1.54) is 10.9 Å². The van der Waals surface area contributed by atoms with Gasteiger partial charge >= 0.3 is 5.97 Å². The minimum atomic E-state index is -1.10.